The van der Waals surface area contributed by atoms with E-state index in [0.29, 0.717) is 28.3 Å². The van der Waals surface area contributed by atoms with Crippen molar-refractivity contribution < 1.29 is 9.84 Å². The van der Waals surface area contributed by atoms with E-state index in [1.165, 1.54) is 21.8 Å². The van der Waals surface area contributed by atoms with E-state index in [1.807, 2.05) is 0 Å². The minimum Gasteiger partial charge on any atom is -0.504 e. The number of benzene rings is 1. The highest BCUT2D eigenvalue weighted by atomic mass is 79.9. The summed E-state index contributed by atoms with van der Waals surface area (Å²) in [6.45, 7) is 3.92. The van der Waals surface area contributed by atoms with Gasteiger partial charge in [0.25, 0.3) is 0 Å². The number of aromatic nitrogens is 2. The summed E-state index contributed by atoms with van der Waals surface area (Å²) in [5.41, 5.74) is 6.38. The van der Waals surface area contributed by atoms with Crippen LogP contribution in [0.1, 0.15) is 17.6 Å². The topological polar surface area (TPSA) is 81.3 Å². The molecule has 0 bridgehead atoms. The number of aromatic hydroxyl groups is 1. The molecule has 0 spiro atoms. The van der Waals surface area contributed by atoms with Crippen LogP contribution >= 0.6 is 27.3 Å². The van der Waals surface area contributed by atoms with Crippen molar-refractivity contribution in [3.05, 3.63) is 38.8 Å². The largest absolute Gasteiger partial charge is 0.504 e. The van der Waals surface area contributed by atoms with E-state index in [1.54, 1.807) is 24.3 Å². The average molecular weight is 396 g/mol. The van der Waals surface area contributed by atoms with Gasteiger partial charge in [0.15, 0.2) is 11.5 Å². The van der Waals surface area contributed by atoms with Gasteiger partial charge in [-0.05, 0) is 47.5 Å². The zero-order valence-electron chi connectivity index (χ0n) is 13.1. The van der Waals surface area contributed by atoms with Crippen LogP contribution in [-0.4, -0.2) is 22.2 Å². The van der Waals surface area contributed by atoms with E-state index in [0.717, 1.165) is 6.42 Å². The first-order chi connectivity index (χ1) is 10.9. The van der Waals surface area contributed by atoms with Crippen molar-refractivity contribution in [1.29, 1.82) is 0 Å². The minimum absolute atomic E-state index is 0.0316. The maximum Gasteiger partial charge on any atom is 0.162 e. The Kier molecular flexibility index (Phi) is 5.79. The first-order valence-electron chi connectivity index (χ1n) is 6.99. The van der Waals surface area contributed by atoms with Crippen LogP contribution < -0.4 is 10.5 Å². The number of nitrogens with zero attached hydrogens (tertiary/aromatic N) is 2. The maximum absolute atomic E-state index is 9.57. The quantitative estimate of drug-likeness (QED) is 0.675. The van der Waals surface area contributed by atoms with Crippen molar-refractivity contribution in [2.75, 3.05) is 12.8 Å². The molecule has 0 unspecified atom stereocenters. The molecule has 3 aromatic rings. The lowest BCUT2D eigenvalue weighted by atomic mass is 10.2. The molecule has 0 saturated heterocycles. The van der Waals surface area contributed by atoms with Crippen LogP contribution in [0.15, 0.2) is 28.1 Å². The number of aryl methyl sites for hydroxylation is 2. The number of methoxy groups -OCH3 is 1. The van der Waals surface area contributed by atoms with Gasteiger partial charge in [0.2, 0.25) is 0 Å². The zero-order valence-corrected chi connectivity index (χ0v) is 15.5. The summed E-state index contributed by atoms with van der Waals surface area (Å²) in [6.07, 6.45) is 1.15. The van der Waals surface area contributed by atoms with Gasteiger partial charge < -0.3 is 15.6 Å². The van der Waals surface area contributed by atoms with Gasteiger partial charge in [-0.3, -0.25) is 0 Å². The third-order valence-electron chi connectivity index (χ3n) is 3.11. The Labute approximate surface area is 147 Å². The van der Waals surface area contributed by atoms with Crippen molar-refractivity contribution in [2.24, 2.45) is 0 Å². The number of nitrogen functional groups attached to an aromatic ring is 1. The molecule has 0 fully saturated rings. The predicted molar refractivity (Wildman–Crippen MR) is 98.3 cm³/mol. The van der Waals surface area contributed by atoms with E-state index in [2.05, 4.69) is 45.0 Å². The lowest BCUT2D eigenvalue weighted by molar-refractivity contribution is 0.374. The molecule has 7 heteroatoms. The fraction of sp³-hybridized carbons (Fsp3) is 0.250. The van der Waals surface area contributed by atoms with Gasteiger partial charge >= 0.3 is 0 Å². The number of thiophene rings is 1. The van der Waals surface area contributed by atoms with E-state index in [9.17, 15) is 5.11 Å². The number of anilines is 1. The van der Waals surface area contributed by atoms with E-state index in [4.69, 9.17) is 10.5 Å². The summed E-state index contributed by atoms with van der Waals surface area (Å²) in [5.74, 6) is 1.35. The molecule has 0 atom stereocenters. The van der Waals surface area contributed by atoms with Crippen molar-refractivity contribution in [2.45, 2.75) is 20.3 Å². The summed E-state index contributed by atoms with van der Waals surface area (Å²) in [5, 5.41) is 10.2. The molecule has 0 aliphatic rings. The standard InChI is InChI=1S/C10H11N3O2.C6H7BrS/c1-5-12-7-4-9(15-2)8(14)3-6(7)10(11)13-5;1-2-5-3-4-6(7)8-5/h3-4,14H,1-2H3,(H2,11,12,13);3-4H,2H2,1H3. The molecule has 3 rings (SSSR count). The lowest BCUT2D eigenvalue weighted by Gasteiger charge is -2.06. The van der Waals surface area contributed by atoms with Gasteiger partial charge in [-0.2, -0.15) is 0 Å². The first kappa shape index (κ1) is 17.5. The van der Waals surface area contributed by atoms with Crippen LogP contribution in [0, 0.1) is 6.92 Å². The van der Waals surface area contributed by atoms with E-state index in [-0.39, 0.29) is 5.75 Å². The number of hydrogen-bond donors (Lipinski definition) is 2. The van der Waals surface area contributed by atoms with Crippen LogP contribution in [0.2, 0.25) is 0 Å². The van der Waals surface area contributed by atoms with Gasteiger partial charge in [-0.15, -0.1) is 11.3 Å². The summed E-state index contributed by atoms with van der Waals surface area (Å²) >= 11 is 5.20. The van der Waals surface area contributed by atoms with E-state index < -0.39 is 0 Å². The molecule has 0 aliphatic heterocycles. The third kappa shape index (κ3) is 4.33. The van der Waals surface area contributed by atoms with Crippen LogP contribution in [0.25, 0.3) is 10.9 Å². The highest BCUT2D eigenvalue weighted by molar-refractivity contribution is 9.11. The molecule has 0 aliphatic carbocycles. The number of halogens is 1. The van der Waals surface area contributed by atoms with Crippen LogP contribution in [0.5, 0.6) is 11.5 Å². The number of rotatable bonds is 2. The predicted octanol–water partition coefficient (Wildman–Crippen LogP) is 4.31. The fourth-order valence-electron chi connectivity index (χ4n) is 1.99. The summed E-state index contributed by atoms with van der Waals surface area (Å²) in [6, 6.07) is 7.37. The van der Waals surface area contributed by atoms with Crippen LogP contribution in [0.4, 0.5) is 5.82 Å². The normalized spacial score (nSPS) is 10.3. The van der Waals surface area contributed by atoms with Crippen molar-refractivity contribution in [3.63, 3.8) is 0 Å². The van der Waals surface area contributed by atoms with Crippen LogP contribution in [-0.2, 0) is 6.42 Å². The molecule has 0 radical (unpaired) electrons. The molecular weight excluding hydrogens is 378 g/mol. The number of nitrogens with two attached hydrogens (primary N) is 1. The van der Waals surface area contributed by atoms with Gasteiger partial charge in [-0.25, -0.2) is 9.97 Å². The Morgan fingerprint density at radius 3 is 2.57 bits per heavy atom. The molecule has 5 nitrogen and oxygen atoms in total. The third-order valence-corrected chi connectivity index (χ3v) is 4.88. The monoisotopic (exact) mass is 395 g/mol. The minimum atomic E-state index is 0.0316. The van der Waals surface area contributed by atoms with Crippen LogP contribution in [0.3, 0.4) is 0 Å². The molecular formula is C16H18BrN3O2S. The zero-order chi connectivity index (χ0) is 17.0. The van der Waals surface area contributed by atoms with E-state index >= 15 is 0 Å². The highest BCUT2D eigenvalue weighted by Gasteiger charge is 2.08. The average Bonchev–Trinajstić information content (AvgIpc) is 2.94. The number of phenols is 1. The van der Waals surface area contributed by atoms with Gasteiger partial charge in [0, 0.05) is 16.3 Å². The molecule has 2 aromatic heterocycles. The maximum atomic E-state index is 9.57. The Balaban J connectivity index is 0.000000203. The molecule has 122 valence electrons. The second-order valence-electron chi connectivity index (χ2n) is 4.76. The Hall–Kier alpha value is -1.86. The Morgan fingerprint density at radius 2 is 2.04 bits per heavy atom. The lowest BCUT2D eigenvalue weighted by Crippen LogP contribution is -1.97. The Morgan fingerprint density at radius 1 is 1.30 bits per heavy atom. The number of phenolic OH excluding ortho intramolecular Hbond substituents is 1. The van der Waals surface area contributed by atoms with Gasteiger partial charge in [0.05, 0.1) is 16.4 Å². The molecule has 3 N–H and O–H groups in total. The fourth-order valence-corrected chi connectivity index (χ4v) is 3.42. The van der Waals surface area contributed by atoms with Crippen molar-refractivity contribution >= 4 is 44.0 Å². The van der Waals surface area contributed by atoms with Gasteiger partial charge in [0.1, 0.15) is 11.6 Å². The summed E-state index contributed by atoms with van der Waals surface area (Å²) in [7, 11) is 1.48. The second kappa shape index (κ2) is 7.61. The Bertz CT molecular complexity index is 820. The number of ether oxygens (including phenoxy) is 1. The molecule has 0 saturated carbocycles. The molecule has 23 heavy (non-hydrogen) atoms. The first-order valence-corrected chi connectivity index (χ1v) is 8.60. The smallest absolute Gasteiger partial charge is 0.162 e. The van der Waals surface area contributed by atoms with Crippen molar-refractivity contribution in [1.82, 2.24) is 9.97 Å². The number of hydrogen-bond acceptors (Lipinski definition) is 6. The highest BCUT2D eigenvalue weighted by Crippen LogP contribution is 2.32. The van der Waals surface area contributed by atoms with Crippen molar-refractivity contribution in [3.8, 4) is 11.5 Å². The molecule has 0 amide bonds. The summed E-state index contributed by atoms with van der Waals surface area (Å²) in [4.78, 5) is 9.66. The van der Waals surface area contributed by atoms with Gasteiger partial charge in [-0.1, -0.05) is 6.92 Å². The summed E-state index contributed by atoms with van der Waals surface area (Å²) < 4.78 is 6.21. The molecule has 1 aromatic carbocycles. The second-order valence-corrected chi connectivity index (χ2v) is 7.30. The SMILES string of the molecule is CCc1ccc(Br)s1.COc1cc2nc(C)nc(N)c2cc1O. The number of fused-ring (bicyclic) bond motifs is 1. The molecule has 2 heterocycles.